The lowest BCUT2D eigenvalue weighted by atomic mass is 10.4. The average molecular weight is 222 g/mol. The molecule has 0 saturated heterocycles. The van der Waals surface area contributed by atoms with Crippen LogP contribution in [0.1, 0.15) is 18.3 Å². The van der Waals surface area contributed by atoms with Crippen LogP contribution < -0.4 is 5.32 Å². The van der Waals surface area contributed by atoms with Crippen molar-refractivity contribution in [1.29, 1.82) is 0 Å². The number of thioether (sulfide) groups is 1. The highest BCUT2D eigenvalue weighted by Crippen LogP contribution is 2.18. The molecule has 15 heavy (non-hydrogen) atoms. The molecule has 4 nitrogen and oxygen atoms in total. The van der Waals surface area contributed by atoms with Crippen LogP contribution in [0.25, 0.3) is 0 Å². The molecule has 1 aromatic rings. The third-order valence-corrected chi connectivity index (χ3v) is 3.11. The normalized spacial score (nSPS) is 20.1. The van der Waals surface area contributed by atoms with Gasteiger partial charge in [0.15, 0.2) is 5.17 Å². The summed E-state index contributed by atoms with van der Waals surface area (Å²) >= 11 is 1.78. The molecule has 0 amide bonds. The molecule has 0 spiro atoms. The first-order valence-corrected chi connectivity index (χ1v) is 5.84. The van der Waals surface area contributed by atoms with Gasteiger partial charge in [0.25, 0.3) is 0 Å². The third-order valence-electron chi connectivity index (χ3n) is 2.06. The fourth-order valence-corrected chi connectivity index (χ4v) is 2.09. The van der Waals surface area contributed by atoms with E-state index in [9.17, 15) is 0 Å². The molecule has 0 bridgehead atoms. The molecule has 80 valence electrons. The lowest BCUT2D eigenvalue weighted by Gasteiger charge is -2.04. The molecule has 1 aromatic heterocycles. The number of hydrogen-bond donors (Lipinski definition) is 1. The SMILES string of the molecule is Cc1cnc(CNC2=NCC(C)S2)cn1. The largest absolute Gasteiger partial charge is 0.359 e. The molecule has 1 aliphatic rings. The number of aryl methyl sites for hydroxylation is 1. The van der Waals surface area contributed by atoms with Gasteiger partial charge in [-0.3, -0.25) is 15.0 Å². The zero-order valence-corrected chi connectivity index (χ0v) is 9.71. The van der Waals surface area contributed by atoms with Crippen LogP contribution in [0.5, 0.6) is 0 Å². The van der Waals surface area contributed by atoms with E-state index < -0.39 is 0 Å². The number of nitrogens with one attached hydrogen (secondary N) is 1. The Morgan fingerprint density at radius 2 is 2.33 bits per heavy atom. The monoisotopic (exact) mass is 222 g/mol. The fourth-order valence-electron chi connectivity index (χ4n) is 1.25. The second-order valence-corrected chi connectivity index (χ2v) is 5.00. The Kier molecular flexibility index (Phi) is 3.20. The maximum atomic E-state index is 4.37. The van der Waals surface area contributed by atoms with Crippen molar-refractivity contribution >= 4 is 16.9 Å². The molecule has 0 aliphatic carbocycles. The Morgan fingerprint density at radius 1 is 1.47 bits per heavy atom. The number of aromatic nitrogens is 2. The molecule has 1 aliphatic heterocycles. The second kappa shape index (κ2) is 4.61. The summed E-state index contributed by atoms with van der Waals surface area (Å²) in [6.45, 7) is 5.72. The van der Waals surface area contributed by atoms with E-state index >= 15 is 0 Å². The number of rotatable bonds is 2. The van der Waals surface area contributed by atoms with Gasteiger partial charge in [-0.25, -0.2) is 0 Å². The summed E-state index contributed by atoms with van der Waals surface area (Å²) in [6.07, 6.45) is 3.58. The van der Waals surface area contributed by atoms with Gasteiger partial charge >= 0.3 is 0 Å². The van der Waals surface area contributed by atoms with E-state index in [0.717, 1.165) is 23.1 Å². The van der Waals surface area contributed by atoms with E-state index in [1.54, 1.807) is 24.2 Å². The van der Waals surface area contributed by atoms with E-state index in [1.807, 2.05) is 6.92 Å². The van der Waals surface area contributed by atoms with E-state index in [-0.39, 0.29) is 0 Å². The minimum Gasteiger partial charge on any atom is -0.359 e. The summed E-state index contributed by atoms with van der Waals surface area (Å²) in [5, 5.41) is 4.87. The molecule has 1 unspecified atom stereocenters. The van der Waals surface area contributed by atoms with Crippen LogP contribution in [0.4, 0.5) is 0 Å². The van der Waals surface area contributed by atoms with Crippen molar-refractivity contribution in [2.45, 2.75) is 25.6 Å². The molecule has 0 aromatic carbocycles. The predicted molar refractivity (Wildman–Crippen MR) is 63.0 cm³/mol. The van der Waals surface area contributed by atoms with Crippen molar-refractivity contribution < 1.29 is 0 Å². The van der Waals surface area contributed by atoms with Crippen molar-refractivity contribution in [2.24, 2.45) is 4.99 Å². The summed E-state index contributed by atoms with van der Waals surface area (Å²) in [4.78, 5) is 12.8. The zero-order chi connectivity index (χ0) is 10.7. The van der Waals surface area contributed by atoms with Gasteiger partial charge in [-0.05, 0) is 6.92 Å². The average Bonchev–Trinajstić information content (AvgIpc) is 2.64. The van der Waals surface area contributed by atoms with Gasteiger partial charge in [0.1, 0.15) is 0 Å². The summed E-state index contributed by atoms with van der Waals surface area (Å²) < 4.78 is 0. The standard InChI is InChI=1S/C10H14N4S/c1-7-3-12-9(5-11-7)6-14-10-13-4-8(2)15-10/h3,5,8H,4,6H2,1-2H3,(H,13,14). The number of nitrogens with zero attached hydrogens (tertiary/aromatic N) is 3. The van der Waals surface area contributed by atoms with Crippen LogP contribution in [0.3, 0.4) is 0 Å². The first-order valence-electron chi connectivity index (χ1n) is 4.96. The topological polar surface area (TPSA) is 50.2 Å². The highest BCUT2D eigenvalue weighted by atomic mass is 32.2. The summed E-state index contributed by atoms with van der Waals surface area (Å²) in [7, 11) is 0. The van der Waals surface area contributed by atoms with Crippen molar-refractivity contribution in [1.82, 2.24) is 15.3 Å². The molecule has 1 atom stereocenters. The summed E-state index contributed by atoms with van der Waals surface area (Å²) in [5.74, 6) is 0. The van der Waals surface area contributed by atoms with E-state index in [2.05, 4.69) is 27.2 Å². The third kappa shape index (κ3) is 2.92. The van der Waals surface area contributed by atoms with Gasteiger partial charge in [0.05, 0.1) is 30.7 Å². The van der Waals surface area contributed by atoms with Crippen LogP contribution in [0.15, 0.2) is 17.4 Å². The van der Waals surface area contributed by atoms with Crippen LogP contribution in [0.2, 0.25) is 0 Å². The van der Waals surface area contributed by atoms with Gasteiger partial charge in [0, 0.05) is 11.4 Å². The second-order valence-electron chi connectivity index (χ2n) is 3.58. The first kappa shape index (κ1) is 10.4. The Balaban J connectivity index is 1.86. The zero-order valence-electron chi connectivity index (χ0n) is 8.90. The smallest absolute Gasteiger partial charge is 0.157 e. The predicted octanol–water partition coefficient (Wildman–Crippen LogP) is 1.37. The quantitative estimate of drug-likeness (QED) is 0.821. The summed E-state index contributed by atoms with van der Waals surface area (Å²) in [6, 6.07) is 0. The molecule has 2 rings (SSSR count). The minimum atomic E-state index is 0.594. The molecule has 0 fully saturated rings. The minimum absolute atomic E-state index is 0.594. The molecule has 5 heteroatoms. The molecular formula is C10H14N4S. The molecule has 1 N–H and O–H groups in total. The first-order chi connectivity index (χ1) is 7.24. The van der Waals surface area contributed by atoms with Crippen molar-refractivity contribution in [2.75, 3.05) is 6.54 Å². The Morgan fingerprint density at radius 3 is 2.93 bits per heavy atom. The van der Waals surface area contributed by atoms with Crippen LogP contribution in [-0.4, -0.2) is 26.9 Å². The highest BCUT2D eigenvalue weighted by molar-refractivity contribution is 8.14. The van der Waals surface area contributed by atoms with Gasteiger partial charge in [0.2, 0.25) is 0 Å². The van der Waals surface area contributed by atoms with Crippen molar-refractivity contribution in [3.8, 4) is 0 Å². The van der Waals surface area contributed by atoms with E-state index in [1.165, 1.54) is 0 Å². The summed E-state index contributed by atoms with van der Waals surface area (Å²) in [5.41, 5.74) is 1.89. The number of amidine groups is 1. The lowest BCUT2D eigenvalue weighted by Crippen LogP contribution is -2.19. The van der Waals surface area contributed by atoms with Crippen molar-refractivity contribution in [3.63, 3.8) is 0 Å². The molecular weight excluding hydrogens is 208 g/mol. The fraction of sp³-hybridized carbons (Fsp3) is 0.500. The lowest BCUT2D eigenvalue weighted by molar-refractivity contribution is 0.859. The Labute approximate surface area is 93.6 Å². The molecule has 2 heterocycles. The van der Waals surface area contributed by atoms with Crippen LogP contribution in [0, 0.1) is 6.92 Å². The molecule has 0 saturated carbocycles. The molecule has 0 radical (unpaired) electrons. The Bertz CT molecular complexity index is 360. The highest BCUT2D eigenvalue weighted by Gasteiger charge is 2.14. The number of aliphatic imine (C=N–C) groups is 1. The van der Waals surface area contributed by atoms with Crippen LogP contribution in [-0.2, 0) is 6.54 Å². The maximum Gasteiger partial charge on any atom is 0.157 e. The van der Waals surface area contributed by atoms with E-state index in [4.69, 9.17) is 0 Å². The Hall–Kier alpha value is -1.10. The van der Waals surface area contributed by atoms with Crippen LogP contribution >= 0.6 is 11.8 Å². The van der Waals surface area contributed by atoms with Gasteiger partial charge < -0.3 is 5.32 Å². The van der Waals surface area contributed by atoms with Crippen molar-refractivity contribution in [3.05, 3.63) is 23.8 Å². The number of hydrogen-bond acceptors (Lipinski definition) is 5. The van der Waals surface area contributed by atoms with Gasteiger partial charge in [-0.2, -0.15) is 0 Å². The van der Waals surface area contributed by atoms with Gasteiger partial charge in [-0.15, -0.1) is 0 Å². The maximum absolute atomic E-state index is 4.37. The van der Waals surface area contributed by atoms with E-state index in [0.29, 0.717) is 11.8 Å². The van der Waals surface area contributed by atoms with Gasteiger partial charge in [-0.1, -0.05) is 18.7 Å².